The number of fused-ring (bicyclic) bond motifs is 3. The lowest BCUT2D eigenvalue weighted by molar-refractivity contribution is -0.348. The van der Waals surface area contributed by atoms with Crippen LogP contribution in [0, 0.1) is 11.8 Å². The van der Waals surface area contributed by atoms with Gasteiger partial charge in [0, 0.05) is 5.92 Å². The predicted molar refractivity (Wildman–Crippen MR) is 137 cm³/mol. The number of hydrogen-bond donors (Lipinski definition) is 7. The van der Waals surface area contributed by atoms with E-state index in [4.69, 9.17) is 33.2 Å². The number of carboxylic acid groups (broad SMARTS) is 1. The highest BCUT2D eigenvalue weighted by Gasteiger charge is 2.78. The number of carbonyl (C=O) groups is 3. The first-order valence-corrected chi connectivity index (χ1v) is 13.2. The molecule has 1 aliphatic carbocycles. The second-order valence-corrected chi connectivity index (χ2v) is 10.4. The summed E-state index contributed by atoms with van der Waals surface area (Å²) in [6.45, 7) is -0.770. The zero-order chi connectivity index (χ0) is 32.1. The second-order valence-electron chi connectivity index (χ2n) is 10.4. The Labute approximate surface area is 248 Å². The molecule has 3 aliphatic heterocycles. The molecule has 0 aromatic heterocycles. The number of aliphatic hydroxyl groups is 5. The molecule has 11 unspecified atom stereocenters. The van der Waals surface area contributed by atoms with Gasteiger partial charge in [-0.2, -0.15) is 0 Å². The molecule has 4 aliphatic rings. The fourth-order valence-corrected chi connectivity index (χ4v) is 5.75. The zero-order valence-corrected chi connectivity index (χ0v) is 23.1. The van der Waals surface area contributed by atoms with E-state index in [1.807, 2.05) is 0 Å². The number of methoxy groups -OCH3 is 2. The van der Waals surface area contributed by atoms with Gasteiger partial charge in [0.05, 0.1) is 44.7 Å². The number of esters is 2. The first-order chi connectivity index (χ1) is 20.9. The maximum atomic E-state index is 13.5. The molecule has 17 nitrogen and oxygen atoms in total. The third-order valence-corrected chi connectivity index (χ3v) is 8.06. The average molecular weight is 627 g/mol. The molecule has 1 aromatic rings. The Hall–Kier alpha value is -3.81. The number of rotatable bonds is 9. The highest BCUT2D eigenvalue weighted by Crippen LogP contribution is 2.59. The molecule has 2 saturated heterocycles. The summed E-state index contributed by atoms with van der Waals surface area (Å²) in [4.78, 5) is 38.1. The van der Waals surface area contributed by atoms with Crippen molar-refractivity contribution in [3.05, 3.63) is 41.9 Å². The van der Waals surface area contributed by atoms with Gasteiger partial charge in [-0.05, 0) is 17.7 Å². The van der Waals surface area contributed by atoms with Gasteiger partial charge >= 0.3 is 17.9 Å². The third-order valence-electron chi connectivity index (χ3n) is 8.06. The van der Waals surface area contributed by atoms with Crippen LogP contribution in [-0.4, -0.2) is 129 Å². The SMILES string of the molecule is COC(=O)C1=COC(OC2OC(CO)C(O)C(O)C2O)C2C1C1OC1C2(O)C(=O)OC=C(C(=O)O)c1ccc(O)c(OC)c1. The van der Waals surface area contributed by atoms with Crippen LogP contribution in [0.4, 0.5) is 0 Å². The smallest absolute Gasteiger partial charge is 0.346 e. The van der Waals surface area contributed by atoms with Gasteiger partial charge in [-0.3, -0.25) is 0 Å². The summed E-state index contributed by atoms with van der Waals surface area (Å²) in [5.41, 5.74) is -3.38. The standard InChI is InChI=1S/C27H30O17/c1-38-13-5-9(3-4-12(13)29)10(22(33)34)7-41-26(36)27(37)16-15(20-21(27)43-20)11(23(35)39-2)8-40-24(16)44-25-19(32)18(31)17(30)14(6-28)42-25/h3-5,7-8,14-21,24-25,28-32,37H,6H2,1-2H3,(H,33,34). The van der Waals surface area contributed by atoms with Crippen molar-refractivity contribution in [3.63, 3.8) is 0 Å². The van der Waals surface area contributed by atoms with Gasteiger partial charge in [0.2, 0.25) is 11.9 Å². The van der Waals surface area contributed by atoms with Crippen LogP contribution < -0.4 is 4.74 Å². The minimum absolute atomic E-state index is 0.0301. The number of phenols is 1. The molecule has 0 spiro atoms. The van der Waals surface area contributed by atoms with Crippen molar-refractivity contribution < 1.29 is 83.3 Å². The summed E-state index contributed by atoms with van der Waals surface area (Å²) in [6.07, 6.45) is -10.9. The minimum atomic E-state index is -2.64. The maximum absolute atomic E-state index is 13.5. The van der Waals surface area contributed by atoms with Crippen molar-refractivity contribution in [2.75, 3.05) is 20.8 Å². The number of aromatic hydroxyl groups is 1. The molecule has 44 heavy (non-hydrogen) atoms. The normalized spacial score (nSPS) is 37.5. The summed E-state index contributed by atoms with van der Waals surface area (Å²) in [5, 5.41) is 71.7. The van der Waals surface area contributed by atoms with Crippen LogP contribution >= 0.6 is 0 Å². The highest BCUT2D eigenvalue weighted by molar-refractivity contribution is 6.15. The molecule has 1 saturated carbocycles. The number of carbonyl (C=O) groups excluding carboxylic acids is 2. The molecule has 17 heteroatoms. The lowest BCUT2D eigenvalue weighted by atomic mass is 9.79. The van der Waals surface area contributed by atoms with Crippen LogP contribution in [0.5, 0.6) is 11.5 Å². The molecule has 1 aromatic carbocycles. The lowest BCUT2D eigenvalue weighted by Crippen LogP contribution is -2.62. The molecular weight excluding hydrogens is 596 g/mol. The van der Waals surface area contributed by atoms with E-state index >= 15 is 0 Å². The van der Waals surface area contributed by atoms with E-state index in [0.29, 0.717) is 6.26 Å². The van der Waals surface area contributed by atoms with Crippen molar-refractivity contribution in [1.29, 1.82) is 0 Å². The van der Waals surface area contributed by atoms with E-state index in [2.05, 4.69) is 0 Å². The molecule has 0 amide bonds. The topological polar surface area (TPSA) is 261 Å². The monoisotopic (exact) mass is 626 g/mol. The average Bonchev–Trinajstić information content (AvgIpc) is 3.77. The quantitative estimate of drug-likeness (QED) is 0.0638. The molecule has 3 fully saturated rings. The lowest BCUT2D eigenvalue weighted by Gasteiger charge is -2.44. The van der Waals surface area contributed by atoms with E-state index < -0.39 is 96.7 Å². The number of carboxylic acids is 1. The van der Waals surface area contributed by atoms with Crippen molar-refractivity contribution >= 4 is 23.5 Å². The summed E-state index contributed by atoms with van der Waals surface area (Å²) >= 11 is 0. The first-order valence-electron chi connectivity index (χ1n) is 13.2. The van der Waals surface area contributed by atoms with Gasteiger partial charge in [-0.1, -0.05) is 6.07 Å². The molecule has 3 heterocycles. The zero-order valence-electron chi connectivity index (χ0n) is 23.1. The molecule has 7 N–H and O–H groups in total. The fraction of sp³-hybridized carbons (Fsp3) is 0.519. The number of ether oxygens (including phenoxy) is 7. The fourth-order valence-electron chi connectivity index (χ4n) is 5.75. The molecule has 0 bridgehead atoms. The number of epoxide rings is 1. The van der Waals surface area contributed by atoms with Crippen LogP contribution in [0.3, 0.4) is 0 Å². The summed E-state index contributed by atoms with van der Waals surface area (Å²) in [5.74, 6) is -6.80. The Morgan fingerprint density at radius 1 is 1.05 bits per heavy atom. The molecule has 240 valence electrons. The Bertz CT molecular complexity index is 1370. The Kier molecular flexibility index (Phi) is 8.58. The summed E-state index contributed by atoms with van der Waals surface area (Å²) in [6, 6.07) is 3.56. The molecular formula is C27H30O17. The molecule has 5 rings (SSSR count). The van der Waals surface area contributed by atoms with Crippen molar-refractivity contribution in [3.8, 4) is 11.5 Å². The van der Waals surface area contributed by atoms with Gasteiger partial charge in [0.1, 0.15) is 42.4 Å². The van der Waals surface area contributed by atoms with E-state index in [1.165, 1.54) is 19.2 Å². The van der Waals surface area contributed by atoms with E-state index in [0.717, 1.165) is 19.4 Å². The maximum Gasteiger partial charge on any atom is 0.346 e. The third kappa shape index (κ3) is 5.16. The van der Waals surface area contributed by atoms with Crippen LogP contribution in [0.2, 0.25) is 0 Å². The van der Waals surface area contributed by atoms with Gasteiger partial charge in [-0.15, -0.1) is 0 Å². The Morgan fingerprint density at radius 2 is 1.77 bits per heavy atom. The number of benzene rings is 1. The number of phenolic OH excluding ortho intramolecular Hbond substituents is 1. The number of aliphatic hydroxyl groups excluding tert-OH is 4. The van der Waals surface area contributed by atoms with Crippen LogP contribution in [-0.2, 0) is 42.8 Å². The van der Waals surface area contributed by atoms with Crippen molar-refractivity contribution in [2.24, 2.45) is 11.8 Å². The largest absolute Gasteiger partial charge is 0.504 e. The van der Waals surface area contributed by atoms with Gasteiger partial charge in [0.15, 0.2) is 17.8 Å². The minimum Gasteiger partial charge on any atom is -0.504 e. The van der Waals surface area contributed by atoms with Crippen LogP contribution in [0.15, 0.2) is 36.3 Å². The number of hydrogen-bond acceptors (Lipinski definition) is 16. The van der Waals surface area contributed by atoms with Crippen molar-refractivity contribution in [2.45, 2.75) is 54.8 Å². The molecule has 0 radical (unpaired) electrons. The van der Waals surface area contributed by atoms with E-state index in [1.54, 1.807) is 0 Å². The van der Waals surface area contributed by atoms with Crippen molar-refractivity contribution in [1.82, 2.24) is 0 Å². The number of aliphatic carboxylic acids is 1. The van der Waals surface area contributed by atoms with Gasteiger partial charge in [-0.25, -0.2) is 14.4 Å². The first kappa shape index (κ1) is 31.6. The summed E-state index contributed by atoms with van der Waals surface area (Å²) in [7, 11) is 2.33. The second kappa shape index (κ2) is 11.9. The van der Waals surface area contributed by atoms with E-state index in [9.17, 15) is 50.1 Å². The van der Waals surface area contributed by atoms with E-state index in [-0.39, 0.29) is 22.6 Å². The molecule has 11 atom stereocenters. The predicted octanol–water partition coefficient (Wildman–Crippen LogP) is -2.66. The van der Waals surface area contributed by atoms with Crippen LogP contribution in [0.25, 0.3) is 5.57 Å². The van der Waals surface area contributed by atoms with Gasteiger partial charge in [0.25, 0.3) is 0 Å². The highest BCUT2D eigenvalue weighted by atomic mass is 16.8. The summed E-state index contributed by atoms with van der Waals surface area (Å²) < 4.78 is 37.1. The Balaban J connectivity index is 1.47. The Morgan fingerprint density at radius 3 is 2.41 bits per heavy atom. The van der Waals surface area contributed by atoms with Crippen LogP contribution in [0.1, 0.15) is 5.56 Å². The van der Waals surface area contributed by atoms with Gasteiger partial charge < -0.3 is 68.9 Å².